The number of aryl methyl sites for hydroxylation is 1. The lowest BCUT2D eigenvalue weighted by atomic mass is 9.88. The van der Waals surface area contributed by atoms with Gasteiger partial charge in [-0.25, -0.2) is 4.39 Å². The van der Waals surface area contributed by atoms with Crippen LogP contribution in [0.2, 0.25) is 0 Å². The first-order valence-corrected chi connectivity index (χ1v) is 8.12. The summed E-state index contributed by atoms with van der Waals surface area (Å²) in [6.45, 7) is 2.78. The van der Waals surface area contributed by atoms with Crippen molar-refractivity contribution in [2.24, 2.45) is 0 Å². The maximum absolute atomic E-state index is 13.2. The lowest BCUT2D eigenvalue weighted by molar-refractivity contribution is 0.0893. The highest BCUT2D eigenvalue weighted by atomic mass is 19.1. The highest BCUT2D eigenvalue weighted by Crippen LogP contribution is 2.39. The summed E-state index contributed by atoms with van der Waals surface area (Å²) < 4.78 is 14.9. The zero-order valence-corrected chi connectivity index (χ0v) is 13.3. The Morgan fingerprint density at radius 1 is 1.30 bits per heavy atom. The molecular weight excluding hydrogens is 295 g/mol. The van der Waals surface area contributed by atoms with E-state index in [4.69, 9.17) is 0 Å². The molecule has 1 aliphatic rings. The van der Waals surface area contributed by atoms with Crippen LogP contribution in [-0.2, 0) is 12.1 Å². The van der Waals surface area contributed by atoms with Gasteiger partial charge >= 0.3 is 0 Å². The van der Waals surface area contributed by atoms with E-state index in [0.717, 1.165) is 44.2 Å². The van der Waals surface area contributed by atoms with E-state index in [0.29, 0.717) is 5.69 Å². The predicted molar refractivity (Wildman–Crippen MR) is 84.3 cm³/mol. The van der Waals surface area contributed by atoms with Crippen LogP contribution < -0.4 is 5.32 Å². The Kier molecular flexibility index (Phi) is 4.41. The minimum Gasteiger partial charge on any atom is -0.341 e. The van der Waals surface area contributed by atoms with Gasteiger partial charge in [0.05, 0.1) is 11.7 Å². The van der Waals surface area contributed by atoms with Crippen LogP contribution in [0.3, 0.4) is 0 Å². The summed E-state index contributed by atoms with van der Waals surface area (Å²) in [6, 6.07) is 6.40. The Labute approximate surface area is 134 Å². The van der Waals surface area contributed by atoms with Gasteiger partial charge < -0.3 is 5.32 Å². The molecule has 0 bridgehead atoms. The van der Waals surface area contributed by atoms with Gasteiger partial charge in [-0.15, -0.1) is 5.10 Å². The summed E-state index contributed by atoms with van der Waals surface area (Å²) in [6.07, 6.45) is 6.40. The van der Waals surface area contributed by atoms with Crippen molar-refractivity contribution in [1.82, 2.24) is 20.3 Å². The normalized spacial score (nSPS) is 16.4. The molecular formula is C17H21FN4O. The third-order valence-electron chi connectivity index (χ3n) is 4.43. The van der Waals surface area contributed by atoms with Gasteiger partial charge in [0.25, 0.3) is 5.91 Å². The smallest absolute Gasteiger partial charge is 0.274 e. The van der Waals surface area contributed by atoms with Gasteiger partial charge in [0.2, 0.25) is 0 Å². The van der Waals surface area contributed by atoms with Crippen molar-refractivity contribution in [3.63, 3.8) is 0 Å². The highest BCUT2D eigenvalue weighted by Gasteiger charge is 2.37. The van der Waals surface area contributed by atoms with Gasteiger partial charge in [-0.2, -0.15) is 0 Å². The molecule has 0 unspecified atom stereocenters. The maximum atomic E-state index is 13.2. The Morgan fingerprint density at radius 3 is 2.65 bits per heavy atom. The molecule has 1 heterocycles. The van der Waals surface area contributed by atoms with E-state index >= 15 is 0 Å². The number of halogens is 1. The molecule has 1 amide bonds. The Morgan fingerprint density at radius 2 is 2.00 bits per heavy atom. The van der Waals surface area contributed by atoms with Crippen LogP contribution in [0.15, 0.2) is 30.5 Å². The van der Waals surface area contributed by atoms with E-state index < -0.39 is 5.54 Å². The molecule has 1 aromatic heterocycles. The first kappa shape index (κ1) is 15.6. The number of carbonyl (C=O) groups is 1. The van der Waals surface area contributed by atoms with Crippen LogP contribution in [0.4, 0.5) is 4.39 Å². The first-order chi connectivity index (χ1) is 11.1. The van der Waals surface area contributed by atoms with Gasteiger partial charge in [0.15, 0.2) is 5.69 Å². The summed E-state index contributed by atoms with van der Waals surface area (Å²) in [5.41, 5.74) is 0.844. The Hall–Kier alpha value is -2.24. The molecule has 0 spiro atoms. The number of amides is 1. The standard InChI is InChI=1S/C17H21FN4O/c1-2-11-22-12-15(20-21-22)16(23)19-17(9-3-4-10-17)13-5-7-14(18)8-6-13/h5-8,12H,2-4,9-11H2,1H3,(H,19,23). The molecule has 1 aromatic carbocycles. The van der Waals surface area contributed by atoms with E-state index in [2.05, 4.69) is 15.6 Å². The summed E-state index contributed by atoms with van der Waals surface area (Å²) in [7, 11) is 0. The van der Waals surface area contributed by atoms with Crippen LogP contribution in [0.25, 0.3) is 0 Å². The Bertz CT molecular complexity index is 674. The van der Waals surface area contributed by atoms with Gasteiger partial charge in [-0.3, -0.25) is 9.48 Å². The van der Waals surface area contributed by atoms with Crippen molar-refractivity contribution in [1.29, 1.82) is 0 Å². The van der Waals surface area contributed by atoms with Crippen molar-refractivity contribution in [2.75, 3.05) is 0 Å². The summed E-state index contributed by atoms with van der Waals surface area (Å²) >= 11 is 0. The number of nitrogens with zero attached hydrogens (tertiary/aromatic N) is 3. The number of benzene rings is 1. The number of aromatic nitrogens is 3. The van der Waals surface area contributed by atoms with E-state index in [9.17, 15) is 9.18 Å². The van der Waals surface area contributed by atoms with Gasteiger partial charge in [0, 0.05) is 6.54 Å². The van der Waals surface area contributed by atoms with Gasteiger partial charge in [-0.05, 0) is 37.0 Å². The lowest BCUT2D eigenvalue weighted by Gasteiger charge is -2.30. The average Bonchev–Trinajstić information content (AvgIpc) is 3.18. The van der Waals surface area contributed by atoms with Gasteiger partial charge in [0.1, 0.15) is 5.82 Å². The zero-order valence-electron chi connectivity index (χ0n) is 13.3. The van der Waals surface area contributed by atoms with Crippen molar-refractivity contribution < 1.29 is 9.18 Å². The van der Waals surface area contributed by atoms with Crippen molar-refractivity contribution >= 4 is 5.91 Å². The fourth-order valence-corrected chi connectivity index (χ4v) is 3.26. The lowest BCUT2D eigenvalue weighted by Crippen LogP contribution is -2.44. The average molecular weight is 316 g/mol. The van der Waals surface area contributed by atoms with Crippen LogP contribution in [0.1, 0.15) is 55.1 Å². The molecule has 5 nitrogen and oxygen atoms in total. The van der Waals surface area contributed by atoms with E-state index in [1.165, 1.54) is 12.1 Å². The van der Waals surface area contributed by atoms with E-state index in [1.54, 1.807) is 23.0 Å². The molecule has 1 fully saturated rings. The maximum Gasteiger partial charge on any atom is 0.274 e. The number of hydrogen-bond acceptors (Lipinski definition) is 3. The molecule has 122 valence electrons. The highest BCUT2D eigenvalue weighted by molar-refractivity contribution is 5.92. The summed E-state index contributed by atoms with van der Waals surface area (Å²) in [4.78, 5) is 12.6. The minimum absolute atomic E-state index is 0.224. The topological polar surface area (TPSA) is 59.8 Å². The second-order valence-electron chi connectivity index (χ2n) is 6.12. The van der Waals surface area contributed by atoms with Crippen LogP contribution in [-0.4, -0.2) is 20.9 Å². The Balaban J connectivity index is 1.81. The van der Waals surface area contributed by atoms with E-state index in [-0.39, 0.29) is 11.7 Å². The minimum atomic E-state index is -0.431. The summed E-state index contributed by atoms with van der Waals surface area (Å²) in [5, 5.41) is 11.0. The molecule has 0 atom stereocenters. The quantitative estimate of drug-likeness (QED) is 0.922. The fraction of sp³-hybridized carbons (Fsp3) is 0.471. The molecule has 0 aliphatic heterocycles. The molecule has 0 saturated heterocycles. The van der Waals surface area contributed by atoms with Crippen LogP contribution in [0, 0.1) is 5.82 Å². The molecule has 6 heteroatoms. The van der Waals surface area contributed by atoms with Crippen molar-refractivity contribution in [2.45, 2.75) is 51.1 Å². The second kappa shape index (κ2) is 6.48. The van der Waals surface area contributed by atoms with E-state index in [1.807, 2.05) is 6.92 Å². The molecule has 2 aromatic rings. The second-order valence-corrected chi connectivity index (χ2v) is 6.12. The number of nitrogens with one attached hydrogen (secondary N) is 1. The molecule has 23 heavy (non-hydrogen) atoms. The van der Waals surface area contributed by atoms with Crippen LogP contribution >= 0.6 is 0 Å². The van der Waals surface area contributed by atoms with Crippen molar-refractivity contribution in [3.8, 4) is 0 Å². The monoisotopic (exact) mass is 316 g/mol. The summed E-state index contributed by atoms with van der Waals surface area (Å²) in [5.74, 6) is -0.491. The molecule has 1 saturated carbocycles. The van der Waals surface area contributed by atoms with Crippen molar-refractivity contribution in [3.05, 3.63) is 47.5 Å². The third-order valence-corrected chi connectivity index (χ3v) is 4.43. The molecule has 3 rings (SSSR count). The molecule has 1 N–H and O–H groups in total. The SMILES string of the molecule is CCCn1cc(C(=O)NC2(c3ccc(F)cc3)CCCC2)nn1. The van der Waals surface area contributed by atoms with Crippen LogP contribution in [0.5, 0.6) is 0 Å². The first-order valence-electron chi connectivity index (χ1n) is 8.12. The van der Waals surface area contributed by atoms with Gasteiger partial charge in [-0.1, -0.05) is 37.1 Å². The molecule has 1 aliphatic carbocycles. The number of hydrogen-bond donors (Lipinski definition) is 1. The predicted octanol–water partition coefficient (Wildman–Crippen LogP) is 3.03. The number of carbonyl (C=O) groups excluding carboxylic acids is 1. The third kappa shape index (κ3) is 3.25. The molecule has 0 radical (unpaired) electrons. The zero-order chi connectivity index (χ0) is 16.3. The number of rotatable bonds is 5. The fourth-order valence-electron chi connectivity index (χ4n) is 3.26. The largest absolute Gasteiger partial charge is 0.341 e.